The lowest BCUT2D eigenvalue weighted by Crippen LogP contribution is -2.40. The summed E-state index contributed by atoms with van der Waals surface area (Å²) in [6.45, 7) is 2.11. The van der Waals surface area contributed by atoms with Crippen molar-refractivity contribution in [2.45, 2.75) is 31.1 Å². The molecule has 10 heteroatoms. The standard InChI is InChI=1S/C22H22ClN5O3S/c1-14-11-20(29)24-17-5-3-4-6-18(17)28(14)21(30)13-32-22-26-25-19(27(22)2)12-31-16-9-7-15(23)8-10-16/h3-10,14H,11-13H2,1-2H3,(H,24,29)/t14-/m1/s1. The van der Waals surface area contributed by atoms with Gasteiger partial charge in [0, 0.05) is 24.5 Å². The molecular weight excluding hydrogens is 450 g/mol. The van der Waals surface area contributed by atoms with Gasteiger partial charge in [-0.2, -0.15) is 0 Å². The maximum atomic E-state index is 13.1. The topological polar surface area (TPSA) is 89.3 Å². The average molecular weight is 472 g/mol. The minimum Gasteiger partial charge on any atom is -0.486 e. The van der Waals surface area contributed by atoms with Gasteiger partial charge in [-0.3, -0.25) is 9.59 Å². The molecule has 1 aliphatic heterocycles. The molecule has 2 amide bonds. The number of ether oxygens (including phenoxy) is 1. The van der Waals surface area contributed by atoms with Crippen LogP contribution in [0.25, 0.3) is 0 Å². The Hall–Kier alpha value is -3.04. The van der Waals surface area contributed by atoms with Crippen LogP contribution in [0.5, 0.6) is 5.75 Å². The van der Waals surface area contributed by atoms with Gasteiger partial charge in [-0.1, -0.05) is 35.5 Å². The summed E-state index contributed by atoms with van der Waals surface area (Å²) >= 11 is 7.19. The van der Waals surface area contributed by atoms with Crippen molar-refractivity contribution in [3.63, 3.8) is 0 Å². The molecule has 0 saturated carbocycles. The number of thioether (sulfide) groups is 1. The number of halogens is 1. The predicted octanol–water partition coefficient (Wildman–Crippen LogP) is 3.90. The molecule has 0 fully saturated rings. The number of carbonyl (C=O) groups is 2. The fourth-order valence-electron chi connectivity index (χ4n) is 3.44. The lowest BCUT2D eigenvalue weighted by atomic mass is 10.2. The predicted molar refractivity (Wildman–Crippen MR) is 124 cm³/mol. The van der Waals surface area contributed by atoms with E-state index in [0.717, 1.165) is 0 Å². The van der Waals surface area contributed by atoms with Gasteiger partial charge in [0.2, 0.25) is 11.8 Å². The minimum atomic E-state index is -0.255. The Labute approximate surface area is 194 Å². The van der Waals surface area contributed by atoms with Crippen molar-refractivity contribution in [3.8, 4) is 5.75 Å². The SMILES string of the molecule is C[C@@H]1CC(=O)Nc2ccccc2N1C(=O)CSc1nnc(COc2ccc(Cl)cc2)n1C. The number of nitrogens with one attached hydrogen (secondary N) is 1. The highest BCUT2D eigenvalue weighted by Crippen LogP contribution is 2.32. The molecule has 32 heavy (non-hydrogen) atoms. The summed E-state index contributed by atoms with van der Waals surface area (Å²) in [4.78, 5) is 27.0. The summed E-state index contributed by atoms with van der Waals surface area (Å²) in [5.74, 6) is 1.27. The summed E-state index contributed by atoms with van der Waals surface area (Å²) in [6, 6.07) is 14.2. The zero-order chi connectivity index (χ0) is 22.7. The molecule has 0 bridgehead atoms. The van der Waals surface area contributed by atoms with E-state index in [1.54, 1.807) is 39.8 Å². The average Bonchev–Trinajstić information content (AvgIpc) is 3.05. The third-order valence-electron chi connectivity index (χ3n) is 5.06. The first-order chi connectivity index (χ1) is 15.4. The number of hydrogen-bond donors (Lipinski definition) is 1. The lowest BCUT2D eigenvalue weighted by Gasteiger charge is -2.27. The molecule has 1 N–H and O–H groups in total. The van der Waals surface area contributed by atoms with Crippen molar-refractivity contribution in [2.24, 2.45) is 7.05 Å². The van der Waals surface area contributed by atoms with Crippen LogP contribution in [0.4, 0.5) is 11.4 Å². The summed E-state index contributed by atoms with van der Waals surface area (Å²) in [5, 5.41) is 12.5. The van der Waals surface area contributed by atoms with E-state index in [1.807, 2.05) is 32.2 Å². The van der Waals surface area contributed by atoms with Crippen LogP contribution < -0.4 is 15.0 Å². The van der Waals surface area contributed by atoms with Crippen molar-refractivity contribution in [2.75, 3.05) is 16.0 Å². The number of hydrogen-bond acceptors (Lipinski definition) is 6. The highest BCUT2D eigenvalue weighted by Gasteiger charge is 2.29. The third kappa shape index (κ3) is 4.89. The van der Waals surface area contributed by atoms with Gasteiger partial charge in [-0.25, -0.2) is 0 Å². The number of anilines is 2. The fraction of sp³-hybridized carbons (Fsp3) is 0.273. The van der Waals surface area contributed by atoms with E-state index in [9.17, 15) is 9.59 Å². The van der Waals surface area contributed by atoms with E-state index in [1.165, 1.54) is 11.8 Å². The molecule has 1 aromatic heterocycles. The summed E-state index contributed by atoms with van der Waals surface area (Å²) in [5.41, 5.74) is 1.34. The second-order valence-corrected chi connectivity index (χ2v) is 8.75. The van der Waals surface area contributed by atoms with Gasteiger partial charge in [0.15, 0.2) is 11.0 Å². The molecule has 0 unspecified atom stereocenters. The van der Waals surface area contributed by atoms with Crippen LogP contribution in [0.2, 0.25) is 5.02 Å². The summed E-state index contributed by atoms with van der Waals surface area (Å²) in [6.07, 6.45) is 0.237. The maximum Gasteiger partial charge on any atom is 0.237 e. The van der Waals surface area contributed by atoms with E-state index in [-0.39, 0.29) is 36.6 Å². The van der Waals surface area contributed by atoms with Crippen LogP contribution in [-0.4, -0.2) is 38.4 Å². The van der Waals surface area contributed by atoms with E-state index in [4.69, 9.17) is 16.3 Å². The molecule has 2 heterocycles. The van der Waals surface area contributed by atoms with Crippen LogP contribution in [0.3, 0.4) is 0 Å². The smallest absolute Gasteiger partial charge is 0.237 e. The van der Waals surface area contributed by atoms with Crippen LogP contribution in [0.15, 0.2) is 53.7 Å². The Morgan fingerprint density at radius 1 is 1.22 bits per heavy atom. The molecule has 0 radical (unpaired) electrons. The van der Waals surface area contributed by atoms with E-state index >= 15 is 0 Å². The Balaban J connectivity index is 1.42. The lowest BCUT2D eigenvalue weighted by molar-refractivity contribution is -0.117. The van der Waals surface area contributed by atoms with Crippen LogP contribution in [0.1, 0.15) is 19.2 Å². The molecule has 3 aromatic rings. The second kappa shape index (κ2) is 9.62. The molecule has 0 saturated heterocycles. The van der Waals surface area contributed by atoms with Gasteiger partial charge in [0.05, 0.1) is 17.1 Å². The number of aromatic nitrogens is 3. The second-order valence-electron chi connectivity index (χ2n) is 7.37. The molecular formula is C22H22ClN5O3S. The Morgan fingerprint density at radius 2 is 1.97 bits per heavy atom. The number of fused-ring (bicyclic) bond motifs is 1. The third-order valence-corrected chi connectivity index (χ3v) is 6.32. The first kappa shape index (κ1) is 22.2. The molecule has 1 aliphatic rings. The van der Waals surface area contributed by atoms with Crippen LogP contribution >= 0.6 is 23.4 Å². The Kier molecular flexibility index (Phi) is 6.66. The number of amides is 2. The highest BCUT2D eigenvalue weighted by atomic mass is 35.5. The van der Waals surface area contributed by atoms with Crippen LogP contribution in [0, 0.1) is 0 Å². The highest BCUT2D eigenvalue weighted by molar-refractivity contribution is 7.99. The Bertz CT molecular complexity index is 1130. The summed E-state index contributed by atoms with van der Waals surface area (Å²) in [7, 11) is 1.83. The molecule has 4 rings (SSSR count). The first-order valence-corrected chi connectivity index (χ1v) is 11.4. The van der Waals surface area contributed by atoms with Crippen molar-refractivity contribution >= 4 is 46.6 Å². The van der Waals surface area contributed by atoms with E-state index in [2.05, 4.69) is 15.5 Å². The molecule has 2 aromatic carbocycles. The number of rotatable bonds is 6. The van der Waals surface area contributed by atoms with E-state index in [0.29, 0.717) is 33.1 Å². The number of nitrogens with zero attached hydrogens (tertiary/aromatic N) is 4. The zero-order valence-electron chi connectivity index (χ0n) is 17.6. The van der Waals surface area contributed by atoms with Gasteiger partial charge >= 0.3 is 0 Å². The van der Waals surface area contributed by atoms with Gasteiger partial charge in [-0.05, 0) is 43.3 Å². The maximum absolute atomic E-state index is 13.1. The largest absolute Gasteiger partial charge is 0.486 e. The first-order valence-electron chi connectivity index (χ1n) is 10.0. The Morgan fingerprint density at radius 3 is 2.75 bits per heavy atom. The van der Waals surface area contributed by atoms with Gasteiger partial charge in [0.25, 0.3) is 0 Å². The van der Waals surface area contributed by atoms with Crippen LogP contribution in [-0.2, 0) is 23.2 Å². The normalized spacial score (nSPS) is 15.7. The zero-order valence-corrected chi connectivity index (χ0v) is 19.2. The fourth-order valence-corrected chi connectivity index (χ4v) is 4.35. The van der Waals surface area contributed by atoms with E-state index < -0.39 is 0 Å². The van der Waals surface area contributed by atoms with Crippen molar-refractivity contribution in [3.05, 3.63) is 59.4 Å². The van der Waals surface area contributed by atoms with Gasteiger partial charge < -0.3 is 19.5 Å². The molecule has 0 spiro atoms. The molecule has 166 valence electrons. The quantitative estimate of drug-likeness (QED) is 0.548. The number of carbonyl (C=O) groups excluding carboxylic acids is 2. The molecule has 1 atom stereocenters. The molecule has 0 aliphatic carbocycles. The van der Waals surface area contributed by atoms with Crippen molar-refractivity contribution in [1.29, 1.82) is 0 Å². The van der Waals surface area contributed by atoms with Crippen molar-refractivity contribution < 1.29 is 14.3 Å². The monoisotopic (exact) mass is 471 g/mol. The minimum absolute atomic E-state index is 0.103. The molecule has 8 nitrogen and oxygen atoms in total. The van der Waals surface area contributed by atoms with Crippen molar-refractivity contribution in [1.82, 2.24) is 14.8 Å². The number of para-hydroxylation sites is 2. The summed E-state index contributed by atoms with van der Waals surface area (Å²) < 4.78 is 7.54. The van der Waals surface area contributed by atoms with Gasteiger partial charge in [0.1, 0.15) is 12.4 Å². The van der Waals surface area contributed by atoms with Gasteiger partial charge in [-0.15, -0.1) is 10.2 Å². The number of benzene rings is 2.